The van der Waals surface area contributed by atoms with E-state index in [2.05, 4.69) is 47.5 Å². The first kappa shape index (κ1) is 16.2. The van der Waals surface area contributed by atoms with E-state index >= 15 is 0 Å². The van der Waals surface area contributed by atoms with Crippen molar-refractivity contribution in [2.45, 2.75) is 45.1 Å². The summed E-state index contributed by atoms with van der Waals surface area (Å²) in [4.78, 5) is 2.59. The van der Waals surface area contributed by atoms with Crippen LogP contribution in [0.4, 0.5) is 5.69 Å². The van der Waals surface area contributed by atoms with Crippen molar-refractivity contribution >= 4 is 5.69 Å². The Kier molecular flexibility index (Phi) is 4.12. The molecule has 136 valence electrons. The Balaban J connectivity index is 1.61. The number of hydrogen-bond acceptors (Lipinski definition) is 3. The standard InChI is InChI=1S/C23H28N2O/c1-16-4-2-3-5-19(16)15-25-12-13-26-21-14-18-8-10-24-11-9-20(18)22(23(21)25)17-6-7-17/h2-5,14,17,24H,6-13,15H2,1H3. The molecule has 0 atom stereocenters. The van der Waals surface area contributed by atoms with E-state index in [0.29, 0.717) is 0 Å². The highest BCUT2D eigenvalue weighted by Gasteiger charge is 2.35. The molecule has 3 nitrogen and oxygen atoms in total. The zero-order valence-electron chi connectivity index (χ0n) is 15.7. The van der Waals surface area contributed by atoms with Gasteiger partial charge in [0.2, 0.25) is 0 Å². The fraction of sp³-hybridized carbons (Fsp3) is 0.478. The second kappa shape index (κ2) is 6.62. The predicted octanol–water partition coefficient (Wildman–Crippen LogP) is 3.96. The van der Waals surface area contributed by atoms with Crippen molar-refractivity contribution in [3.05, 3.63) is 58.1 Å². The van der Waals surface area contributed by atoms with E-state index < -0.39 is 0 Å². The Labute approximate surface area is 156 Å². The van der Waals surface area contributed by atoms with Crippen LogP contribution < -0.4 is 15.0 Å². The molecule has 2 aliphatic heterocycles. The van der Waals surface area contributed by atoms with E-state index in [4.69, 9.17) is 4.74 Å². The maximum atomic E-state index is 6.19. The van der Waals surface area contributed by atoms with Gasteiger partial charge in [0.1, 0.15) is 12.4 Å². The smallest absolute Gasteiger partial charge is 0.143 e. The molecule has 0 amide bonds. The van der Waals surface area contributed by atoms with Crippen LogP contribution in [0.1, 0.15) is 46.6 Å². The second-order valence-electron chi connectivity index (χ2n) is 8.00. The van der Waals surface area contributed by atoms with Gasteiger partial charge in [-0.1, -0.05) is 24.3 Å². The Morgan fingerprint density at radius 3 is 2.85 bits per heavy atom. The molecule has 0 aromatic heterocycles. The van der Waals surface area contributed by atoms with E-state index in [1.807, 2.05) is 0 Å². The highest BCUT2D eigenvalue weighted by Crippen LogP contribution is 2.51. The van der Waals surface area contributed by atoms with E-state index in [1.165, 1.54) is 35.2 Å². The van der Waals surface area contributed by atoms with Crippen LogP contribution >= 0.6 is 0 Å². The molecule has 0 radical (unpaired) electrons. The molecule has 2 heterocycles. The average molecular weight is 348 g/mol. The third-order valence-corrected chi connectivity index (χ3v) is 6.17. The molecule has 1 N–H and O–H groups in total. The highest BCUT2D eigenvalue weighted by molar-refractivity contribution is 5.71. The van der Waals surface area contributed by atoms with Gasteiger partial charge in [-0.25, -0.2) is 0 Å². The summed E-state index contributed by atoms with van der Waals surface area (Å²) in [5, 5.41) is 3.58. The van der Waals surface area contributed by atoms with Crippen LogP contribution in [0.5, 0.6) is 5.75 Å². The summed E-state index contributed by atoms with van der Waals surface area (Å²) in [6.45, 7) is 7.17. The van der Waals surface area contributed by atoms with Crippen LogP contribution in [0.15, 0.2) is 30.3 Å². The molecule has 2 aromatic carbocycles. The summed E-state index contributed by atoms with van der Waals surface area (Å²) in [6.07, 6.45) is 4.97. The van der Waals surface area contributed by atoms with Crippen LogP contribution in [0.3, 0.4) is 0 Å². The number of nitrogens with zero attached hydrogens (tertiary/aromatic N) is 1. The van der Waals surface area contributed by atoms with Gasteiger partial charge in [0, 0.05) is 6.54 Å². The number of anilines is 1. The Hall–Kier alpha value is -2.00. The number of fused-ring (bicyclic) bond motifs is 2. The van der Waals surface area contributed by atoms with Gasteiger partial charge in [-0.15, -0.1) is 0 Å². The van der Waals surface area contributed by atoms with Crippen molar-refractivity contribution in [2.24, 2.45) is 0 Å². The van der Waals surface area contributed by atoms with Crippen molar-refractivity contribution in [2.75, 3.05) is 31.1 Å². The summed E-state index contributed by atoms with van der Waals surface area (Å²) in [5.74, 6) is 1.88. The van der Waals surface area contributed by atoms with Crippen LogP contribution in [-0.4, -0.2) is 26.2 Å². The fourth-order valence-corrected chi connectivity index (χ4v) is 4.62. The Bertz CT molecular complexity index is 825. The van der Waals surface area contributed by atoms with Crippen LogP contribution in [-0.2, 0) is 19.4 Å². The Morgan fingerprint density at radius 2 is 2.00 bits per heavy atom. The minimum absolute atomic E-state index is 0.748. The first-order chi connectivity index (χ1) is 12.8. The average Bonchev–Trinajstić information content (AvgIpc) is 3.49. The molecule has 3 heteroatoms. The minimum atomic E-state index is 0.748. The topological polar surface area (TPSA) is 24.5 Å². The lowest BCUT2D eigenvalue weighted by Gasteiger charge is -2.35. The van der Waals surface area contributed by atoms with Crippen LogP contribution in [0.2, 0.25) is 0 Å². The number of nitrogens with one attached hydrogen (secondary N) is 1. The molecule has 3 aliphatic rings. The van der Waals surface area contributed by atoms with Crippen molar-refractivity contribution < 1.29 is 4.74 Å². The molecular formula is C23H28N2O. The van der Waals surface area contributed by atoms with Crippen LogP contribution in [0, 0.1) is 6.92 Å². The SMILES string of the molecule is Cc1ccccc1CN1CCOc2cc3c(c(C4CC4)c21)CCNCC3. The largest absolute Gasteiger partial charge is 0.490 e. The quantitative estimate of drug-likeness (QED) is 0.909. The summed E-state index contributed by atoms with van der Waals surface area (Å²) in [7, 11) is 0. The molecule has 0 unspecified atom stereocenters. The molecule has 0 spiro atoms. The van der Waals surface area contributed by atoms with Crippen molar-refractivity contribution in [1.82, 2.24) is 5.32 Å². The van der Waals surface area contributed by atoms with Gasteiger partial charge in [-0.2, -0.15) is 0 Å². The number of hydrogen-bond donors (Lipinski definition) is 1. The summed E-state index contributed by atoms with van der Waals surface area (Å²) in [6, 6.07) is 11.1. The lowest BCUT2D eigenvalue weighted by molar-refractivity contribution is 0.305. The van der Waals surface area contributed by atoms with Gasteiger partial charge in [0.05, 0.1) is 12.2 Å². The molecule has 0 saturated heterocycles. The molecular weight excluding hydrogens is 320 g/mol. The monoisotopic (exact) mass is 348 g/mol. The zero-order chi connectivity index (χ0) is 17.5. The van der Waals surface area contributed by atoms with Crippen LogP contribution in [0.25, 0.3) is 0 Å². The van der Waals surface area contributed by atoms with E-state index in [0.717, 1.165) is 57.3 Å². The molecule has 1 saturated carbocycles. The van der Waals surface area contributed by atoms with Crippen molar-refractivity contribution in [3.63, 3.8) is 0 Å². The molecule has 26 heavy (non-hydrogen) atoms. The first-order valence-corrected chi connectivity index (χ1v) is 10.1. The Morgan fingerprint density at radius 1 is 1.15 bits per heavy atom. The van der Waals surface area contributed by atoms with Gasteiger partial charge < -0.3 is 15.0 Å². The number of benzene rings is 2. The van der Waals surface area contributed by atoms with Crippen molar-refractivity contribution in [1.29, 1.82) is 0 Å². The lowest BCUT2D eigenvalue weighted by atomic mass is 9.90. The molecule has 5 rings (SSSR count). The van der Waals surface area contributed by atoms with Crippen molar-refractivity contribution in [3.8, 4) is 5.75 Å². The highest BCUT2D eigenvalue weighted by atomic mass is 16.5. The molecule has 0 bridgehead atoms. The maximum absolute atomic E-state index is 6.19. The van der Waals surface area contributed by atoms with E-state index in [1.54, 1.807) is 11.1 Å². The molecule has 1 aliphatic carbocycles. The van der Waals surface area contributed by atoms with Gasteiger partial charge in [0.15, 0.2) is 0 Å². The minimum Gasteiger partial charge on any atom is -0.490 e. The summed E-state index contributed by atoms with van der Waals surface area (Å²) >= 11 is 0. The summed E-state index contributed by atoms with van der Waals surface area (Å²) in [5.41, 5.74) is 8.98. The third kappa shape index (κ3) is 2.88. The molecule has 1 fully saturated rings. The number of ether oxygens (including phenoxy) is 1. The van der Waals surface area contributed by atoms with Gasteiger partial charge in [-0.3, -0.25) is 0 Å². The predicted molar refractivity (Wildman–Crippen MR) is 106 cm³/mol. The number of aryl methyl sites for hydroxylation is 1. The van der Waals surface area contributed by atoms with Gasteiger partial charge in [-0.05, 0) is 85.5 Å². The lowest BCUT2D eigenvalue weighted by Crippen LogP contribution is -2.34. The zero-order valence-corrected chi connectivity index (χ0v) is 15.7. The maximum Gasteiger partial charge on any atom is 0.143 e. The van der Waals surface area contributed by atoms with Gasteiger partial charge >= 0.3 is 0 Å². The van der Waals surface area contributed by atoms with E-state index in [9.17, 15) is 0 Å². The van der Waals surface area contributed by atoms with E-state index in [-0.39, 0.29) is 0 Å². The van der Waals surface area contributed by atoms with Gasteiger partial charge in [0.25, 0.3) is 0 Å². The summed E-state index contributed by atoms with van der Waals surface area (Å²) < 4.78 is 6.19. The normalized spacial score (nSPS) is 19.3. The number of rotatable bonds is 3. The third-order valence-electron chi connectivity index (χ3n) is 6.17. The molecule has 2 aromatic rings. The first-order valence-electron chi connectivity index (χ1n) is 10.1. The second-order valence-corrected chi connectivity index (χ2v) is 8.00. The fourth-order valence-electron chi connectivity index (χ4n) is 4.62.